The average Bonchev–Trinajstić information content (AvgIpc) is 2.22. The zero-order valence-corrected chi connectivity index (χ0v) is 14.2. The van der Waals surface area contributed by atoms with Gasteiger partial charge in [-0.15, -0.1) is 0 Å². The molecule has 0 aliphatic carbocycles. The Morgan fingerprint density at radius 3 is 1.20 bits per heavy atom. The Morgan fingerprint density at radius 1 is 0.733 bits per heavy atom. The van der Waals surface area contributed by atoms with E-state index in [0.717, 1.165) is 0 Å². The first kappa shape index (κ1) is 16.2. The van der Waals surface area contributed by atoms with E-state index in [1.807, 2.05) is 0 Å². The average molecular weight is 344 g/mol. The molecule has 0 amide bonds. The van der Waals surface area contributed by atoms with E-state index in [1.54, 1.807) is 0 Å². The van der Waals surface area contributed by atoms with E-state index < -0.39 is 4.25 Å². The summed E-state index contributed by atoms with van der Waals surface area (Å²) in [4.78, 5) is 0. The quantitative estimate of drug-likeness (QED) is 0.360. The molecular formula is C13H30IP. The second-order valence-electron chi connectivity index (χ2n) is 5.38. The van der Waals surface area contributed by atoms with Gasteiger partial charge in [-0.05, 0) is 0 Å². The molecule has 0 saturated carbocycles. The molecule has 0 rings (SSSR count). The molecule has 0 aromatic rings. The molecule has 0 aliphatic rings. The zero-order valence-electron chi connectivity index (χ0n) is 11.2. The minimum absolute atomic E-state index is 1.31. The van der Waals surface area contributed by atoms with Crippen LogP contribution in [0.15, 0.2) is 0 Å². The summed E-state index contributed by atoms with van der Waals surface area (Å²) in [7, 11) is 0. The van der Waals surface area contributed by atoms with Crippen LogP contribution in [-0.4, -0.2) is 25.2 Å². The van der Waals surface area contributed by atoms with Crippen LogP contribution in [0.25, 0.3) is 0 Å². The molecule has 0 N–H and O–H groups in total. The molecule has 0 unspecified atom stereocenters. The van der Waals surface area contributed by atoms with Crippen LogP contribution in [0, 0.1) is 0 Å². The Bertz CT molecular complexity index is 137. The fourth-order valence-electron chi connectivity index (χ4n) is 2.13. The van der Waals surface area contributed by atoms with Gasteiger partial charge in [0.15, 0.2) is 0 Å². The predicted octanol–water partition coefficient (Wildman–Crippen LogP) is 5.92. The third-order valence-corrected chi connectivity index (χ3v) is 12.4. The second kappa shape index (κ2) is 7.48. The van der Waals surface area contributed by atoms with Crippen molar-refractivity contribution in [3.8, 4) is 0 Å². The molecule has 0 fully saturated rings. The van der Waals surface area contributed by atoms with E-state index in [9.17, 15) is 0 Å². The fourth-order valence-corrected chi connectivity index (χ4v) is 9.47. The van der Waals surface area contributed by atoms with E-state index in [4.69, 9.17) is 0 Å². The molecule has 0 radical (unpaired) electrons. The summed E-state index contributed by atoms with van der Waals surface area (Å²) < 4.78 is -1.31. The zero-order chi connectivity index (χ0) is 11.8. The van der Waals surface area contributed by atoms with E-state index in [-0.39, 0.29) is 0 Å². The van der Waals surface area contributed by atoms with Crippen LogP contribution in [0.3, 0.4) is 0 Å². The summed E-state index contributed by atoms with van der Waals surface area (Å²) in [6, 6.07) is 0. The van der Waals surface area contributed by atoms with Gasteiger partial charge in [-0.25, -0.2) is 0 Å². The van der Waals surface area contributed by atoms with Gasteiger partial charge < -0.3 is 0 Å². The Labute approximate surface area is 110 Å². The molecule has 0 aromatic carbocycles. The standard InChI is InChI=1S/C13H30IP/c1-5-8-11-15(4,14,12-9-6-2)13-10-7-3/h5-13H2,1-4H3. The summed E-state index contributed by atoms with van der Waals surface area (Å²) >= 11 is 2.91. The van der Waals surface area contributed by atoms with Crippen molar-refractivity contribution in [2.45, 2.75) is 59.3 Å². The molecule has 0 saturated heterocycles. The van der Waals surface area contributed by atoms with Crippen LogP contribution in [-0.2, 0) is 0 Å². The second-order valence-corrected chi connectivity index (χ2v) is 20.0. The Morgan fingerprint density at radius 2 is 1.00 bits per heavy atom. The van der Waals surface area contributed by atoms with Crippen molar-refractivity contribution in [1.82, 2.24) is 0 Å². The van der Waals surface area contributed by atoms with Crippen molar-refractivity contribution < 1.29 is 0 Å². The van der Waals surface area contributed by atoms with Crippen LogP contribution >= 0.6 is 26.3 Å². The van der Waals surface area contributed by atoms with Gasteiger partial charge in [0.1, 0.15) is 0 Å². The first-order valence-corrected chi connectivity index (χ1v) is 12.7. The molecular weight excluding hydrogens is 314 g/mol. The Kier molecular flexibility index (Phi) is 8.06. The van der Waals surface area contributed by atoms with Gasteiger partial charge in [-0.1, -0.05) is 0 Å². The monoisotopic (exact) mass is 344 g/mol. The van der Waals surface area contributed by atoms with Crippen molar-refractivity contribution in [2.24, 2.45) is 0 Å². The van der Waals surface area contributed by atoms with Crippen LogP contribution in [0.5, 0.6) is 0 Å². The SMILES string of the molecule is CCCCP(C)(I)(CCCC)CCCC. The normalized spacial score (nSPS) is 14.9. The fraction of sp³-hybridized carbons (Fsp3) is 1.00. The molecule has 0 atom stereocenters. The molecule has 0 nitrogen and oxygen atoms in total. The van der Waals surface area contributed by atoms with Crippen LogP contribution in [0.1, 0.15) is 59.3 Å². The molecule has 94 valence electrons. The molecule has 2 heteroatoms. The first-order chi connectivity index (χ1) is 6.96. The number of halogens is 1. The third kappa shape index (κ3) is 7.15. The molecule has 15 heavy (non-hydrogen) atoms. The topological polar surface area (TPSA) is 0 Å². The van der Waals surface area contributed by atoms with Crippen molar-refractivity contribution in [1.29, 1.82) is 0 Å². The minimum atomic E-state index is -1.31. The number of hydrogen-bond donors (Lipinski definition) is 0. The summed E-state index contributed by atoms with van der Waals surface area (Å²) in [6.45, 7) is 9.63. The summed E-state index contributed by atoms with van der Waals surface area (Å²) in [5.74, 6) is 0. The van der Waals surface area contributed by atoms with Gasteiger partial charge in [-0.2, -0.15) is 0 Å². The van der Waals surface area contributed by atoms with Crippen molar-refractivity contribution in [2.75, 3.05) is 25.2 Å². The molecule has 0 spiro atoms. The Balaban J connectivity index is 4.33. The first-order valence-electron chi connectivity index (χ1n) is 6.69. The van der Waals surface area contributed by atoms with Crippen molar-refractivity contribution in [3.63, 3.8) is 0 Å². The summed E-state index contributed by atoms with van der Waals surface area (Å²) in [6.07, 6.45) is 13.0. The van der Waals surface area contributed by atoms with Crippen LogP contribution in [0.2, 0.25) is 0 Å². The van der Waals surface area contributed by atoms with Gasteiger partial charge in [0.25, 0.3) is 0 Å². The number of rotatable bonds is 9. The molecule has 0 aliphatic heterocycles. The third-order valence-electron chi connectivity index (χ3n) is 3.41. The Hall–Kier alpha value is 1.16. The molecule has 0 heterocycles. The van der Waals surface area contributed by atoms with Gasteiger partial charge in [-0.3, -0.25) is 0 Å². The number of unbranched alkanes of at least 4 members (excludes halogenated alkanes) is 3. The van der Waals surface area contributed by atoms with E-state index in [0.29, 0.717) is 0 Å². The van der Waals surface area contributed by atoms with E-state index in [2.05, 4.69) is 49.5 Å². The van der Waals surface area contributed by atoms with Gasteiger partial charge in [0, 0.05) is 0 Å². The predicted molar refractivity (Wildman–Crippen MR) is 86.2 cm³/mol. The van der Waals surface area contributed by atoms with Gasteiger partial charge in [0.2, 0.25) is 0 Å². The maximum absolute atomic E-state index is 2.91. The summed E-state index contributed by atoms with van der Waals surface area (Å²) in [5.41, 5.74) is 0. The van der Waals surface area contributed by atoms with Gasteiger partial charge in [0.05, 0.1) is 0 Å². The van der Waals surface area contributed by atoms with Crippen LogP contribution < -0.4 is 0 Å². The number of hydrogen-bond acceptors (Lipinski definition) is 0. The van der Waals surface area contributed by atoms with E-state index >= 15 is 0 Å². The molecule has 0 aromatic heterocycles. The maximum atomic E-state index is 2.91. The van der Waals surface area contributed by atoms with Crippen molar-refractivity contribution >= 4 is 26.3 Å². The molecule has 0 bridgehead atoms. The van der Waals surface area contributed by atoms with E-state index in [1.165, 1.54) is 57.0 Å². The van der Waals surface area contributed by atoms with Crippen molar-refractivity contribution in [3.05, 3.63) is 0 Å². The van der Waals surface area contributed by atoms with Crippen LogP contribution in [0.4, 0.5) is 0 Å². The van der Waals surface area contributed by atoms with Gasteiger partial charge >= 0.3 is 111 Å². The summed E-state index contributed by atoms with van der Waals surface area (Å²) in [5, 5.41) is 0.